The Labute approximate surface area is 114 Å². The van der Waals surface area contributed by atoms with Gasteiger partial charge in [-0.2, -0.15) is 5.10 Å². The summed E-state index contributed by atoms with van der Waals surface area (Å²) < 4.78 is 2.06. The Bertz CT molecular complexity index is 533. The molecule has 0 fully saturated rings. The maximum atomic E-state index is 4.51. The molecule has 2 rings (SSSR count). The van der Waals surface area contributed by atoms with Crippen molar-refractivity contribution in [2.75, 3.05) is 13.6 Å². The lowest BCUT2D eigenvalue weighted by molar-refractivity contribution is 0.297. The highest BCUT2D eigenvalue weighted by Crippen LogP contribution is 2.06. The molecule has 5 heteroatoms. The number of likely N-dealkylation sites (N-methyl/N-ethyl adjacent to an activating group) is 1. The summed E-state index contributed by atoms with van der Waals surface area (Å²) >= 11 is 0. The van der Waals surface area contributed by atoms with Crippen molar-refractivity contribution in [3.8, 4) is 0 Å². The number of H-pyrrole nitrogens is 1. The first-order chi connectivity index (χ1) is 8.95. The fourth-order valence-corrected chi connectivity index (χ4v) is 2.20. The van der Waals surface area contributed by atoms with Crippen LogP contribution in [-0.4, -0.2) is 38.2 Å². The molecule has 2 aromatic heterocycles. The first-order valence-corrected chi connectivity index (χ1v) is 6.67. The number of aromatic nitrogens is 4. The summed E-state index contributed by atoms with van der Waals surface area (Å²) in [5.74, 6) is 1.03. The van der Waals surface area contributed by atoms with Crippen molar-refractivity contribution in [2.24, 2.45) is 0 Å². The lowest BCUT2D eigenvalue weighted by atomic mass is 10.4. The highest BCUT2D eigenvalue weighted by atomic mass is 15.3. The molecule has 0 bridgehead atoms. The Balaban J connectivity index is 1.88. The molecule has 19 heavy (non-hydrogen) atoms. The van der Waals surface area contributed by atoms with Gasteiger partial charge in [-0.25, -0.2) is 4.98 Å². The lowest BCUT2D eigenvalue weighted by Crippen LogP contribution is -2.24. The third-order valence-electron chi connectivity index (χ3n) is 3.39. The molecule has 104 valence electrons. The maximum absolute atomic E-state index is 4.51. The van der Waals surface area contributed by atoms with Gasteiger partial charge in [-0.1, -0.05) is 0 Å². The molecule has 0 amide bonds. The van der Waals surface area contributed by atoms with Gasteiger partial charge in [0, 0.05) is 17.9 Å². The second-order valence-corrected chi connectivity index (χ2v) is 5.28. The zero-order valence-corrected chi connectivity index (χ0v) is 12.5. The van der Waals surface area contributed by atoms with Crippen molar-refractivity contribution in [2.45, 2.75) is 40.8 Å². The van der Waals surface area contributed by atoms with Crippen molar-refractivity contribution < 1.29 is 0 Å². The standard InChI is InChI=1S/C14H23N5/c1-10-8-11(2)19(17-10)7-6-18(5)9-14-15-12(3)13(4)16-14/h8H,6-7,9H2,1-5H3,(H,15,16). The molecule has 0 aliphatic heterocycles. The molecule has 2 aromatic rings. The van der Waals surface area contributed by atoms with Gasteiger partial charge in [-0.3, -0.25) is 9.58 Å². The first-order valence-electron chi connectivity index (χ1n) is 6.67. The minimum atomic E-state index is 0.841. The highest BCUT2D eigenvalue weighted by molar-refractivity contribution is 5.10. The Kier molecular flexibility index (Phi) is 4.04. The molecular formula is C14H23N5. The van der Waals surface area contributed by atoms with Gasteiger partial charge < -0.3 is 4.98 Å². The molecule has 0 spiro atoms. The van der Waals surface area contributed by atoms with E-state index >= 15 is 0 Å². The molecule has 0 radical (unpaired) electrons. The van der Waals surface area contributed by atoms with E-state index in [1.807, 2.05) is 13.8 Å². The molecule has 1 N–H and O–H groups in total. The van der Waals surface area contributed by atoms with Crippen molar-refractivity contribution in [3.63, 3.8) is 0 Å². The molecule has 5 nitrogen and oxygen atoms in total. The van der Waals surface area contributed by atoms with Crippen LogP contribution in [0, 0.1) is 27.7 Å². The number of imidazole rings is 1. The molecule has 0 aromatic carbocycles. The number of hydrogen-bond donors (Lipinski definition) is 1. The number of aryl methyl sites for hydroxylation is 4. The minimum absolute atomic E-state index is 0.841. The fourth-order valence-electron chi connectivity index (χ4n) is 2.20. The van der Waals surface area contributed by atoms with Crippen LogP contribution < -0.4 is 0 Å². The molecular weight excluding hydrogens is 238 g/mol. The van der Waals surface area contributed by atoms with Crippen LogP contribution in [0.1, 0.15) is 28.6 Å². The van der Waals surface area contributed by atoms with Crippen LogP contribution in [0.2, 0.25) is 0 Å². The zero-order valence-electron chi connectivity index (χ0n) is 12.5. The third-order valence-corrected chi connectivity index (χ3v) is 3.39. The van der Waals surface area contributed by atoms with E-state index in [-0.39, 0.29) is 0 Å². The van der Waals surface area contributed by atoms with Gasteiger partial charge in [0.2, 0.25) is 0 Å². The largest absolute Gasteiger partial charge is 0.345 e. The number of nitrogens with zero attached hydrogens (tertiary/aromatic N) is 4. The number of hydrogen-bond acceptors (Lipinski definition) is 3. The van der Waals surface area contributed by atoms with Gasteiger partial charge in [0.05, 0.1) is 24.5 Å². The number of rotatable bonds is 5. The Hall–Kier alpha value is -1.62. The number of nitrogens with one attached hydrogen (secondary N) is 1. The third kappa shape index (κ3) is 3.44. The van der Waals surface area contributed by atoms with Crippen LogP contribution in [-0.2, 0) is 13.1 Å². The molecule has 0 saturated carbocycles. The predicted octanol–water partition coefficient (Wildman–Crippen LogP) is 1.97. The van der Waals surface area contributed by atoms with Crippen LogP contribution in [0.3, 0.4) is 0 Å². The van der Waals surface area contributed by atoms with E-state index in [4.69, 9.17) is 0 Å². The highest BCUT2D eigenvalue weighted by Gasteiger charge is 2.07. The smallest absolute Gasteiger partial charge is 0.120 e. The fraction of sp³-hybridized carbons (Fsp3) is 0.571. The van der Waals surface area contributed by atoms with Crippen molar-refractivity contribution in [3.05, 3.63) is 34.7 Å². The van der Waals surface area contributed by atoms with Crippen LogP contribution in [0.25, 0.3) is 0 Å². The summed E-state index contributed by atoms with van der Waals surface area (Å²) in [6, 6.07) is 2.11. The van der Waals surface area contributed by atoms with Crippen molar-refractivity contribution >= 4 is 0 Å². The van der Waals surface area contributed by atoms with Crippen LogP contribution in [0.5, 0.6) is 0 Å². The lowest BCUT2D eigenvalue weighted by Gasteiger charge is -2.15. The summed E-state index contributed by atoms with van der Waals surface area (Å²) in [5, 5.41) is 4.47. The predicted molar refractivity (Wildman–Crippen MR) is 76.1 cm³/mol. The molecule has 2 heterocycles. The van der Waals surface area contributed by atoms with Crippen molar-refractivity contribution in [1.29, 1.82) is 0 Å². The summed E-state index contributed by atoms with van der Waals surface area (Å²) in [6.07, 6.45) is 0. The quantitative estimate of drug-likeness (QED) is 0.895. The summed E-state index contributed by atoms with van der Waals surface area (Å²) in [5.41, 5.74) is 4.54. The van der Waals surface area contributed by atoms with E-state index in [0.717, 1.165) is 42.5 Å². The van der Waals surface area contributed by atoms with Crippen LogP contribution in [0.4, 0.5) is 0 Å². The second kappa shape index (κ2) is 5.57. The van der Waals surface area contributed by atoms with Crippen LogP contribution >= 0.6 is 0 Å². The molecule has 0 aliphatic carbocycles. The van der Waals surface area contributed by atoms with E-state index < -0.39 is 0 Å². The summed E-state index contributed by atoms with van der Waals surface area (Å²) in [7, 11) is 2.11. The average Bonchev–Trinajstić information content (AvgIpc) is 2.79. The topological polar surface area (TPSA) is 49.7 Å². The minimum Gasteiger partial charge on any atom is -0.345 e. The monoisotopic (exact) mass is 261 g/mol. The van der Waals surface area contributed by atoms with E-state index in [2.05, 4.69) is 51.6 Å². The zero-order chi connectivity index (χ0) is 14.0. The average molecular weight is 261 g/mol. The Morgan fingerprint density at radius 2 is 2.00 bits per heavy atom. The van der Waals surface area contributed by atoms with Gasteiger partial charge in [-0.05, 0) is 40.8 Å². The molecule has 0 unspecified atom stereocenters. The van der Waals surface area contributed by atoms with E-state index in [1.165, 1.54) is 5.69 Å². The van der Waals surface area contributed by atoms with Gasteiger partial charge in [0.25, 0.3) is 0 Å². The normalized spacial score (nSPS) is 11.5. The summed E-state index contributed by atoms with van der Waals surface area (Å²) in [4.78, 5) is 10.1. The first kappa shape index (κ1) is 13.8. The maximum Gasteiger partial charge on any atom is 0.120 e. The molecule has 0 aliphatic rings. The second-order valence-electron chi connectivity index (χ2n) is 5.28. The van der Waals surface area contributed by atoms with Crippen molar-refractivity contribution in [1.82, 2.24) is 24.6 Å². The number of aromatic amines is 1. The van der Waals surface area contributed by atoms with E-state index in [9.17, 15) is 0 Å². The van der Waals surface area contributed by atoms with Gasteiger partial charge in [0.15, 0.2) is 0 Å². The molecule has 0 saturated heterocycles. The Morgan fingerprint density at radius 1 is 1.26 bits per heavy atom. The Morgan fingerprint density at radius 3 is 2.53 bits per heavy atom. The SMILES string of the molecule is Cc1cc(C)n(CCN(C)Cc2nc(C)c(C)[nH]2)n1. The van der Waals surface area contributed by atoms with E-state index in [1.54, 1.807) is 0 Å². The van der Waals surface area contributed by atoms with Gasteiger partial charge >= 0.3 is 0 Å². The van der Waals surface area contributed by atoms with Crippen LogP contribution in [0.15, 0.2) is 6.07 Å². The molecule has 0 atom stereocenters. The van der Waals surface area contributed by atoms with Gasteiger partial charge in [-0.15, -0.1) is 0 Å². The van der Waals surface area contributed by atoms with Gasteiger partial charge in [0.1, 0.15) is 5.82 Å². The summed E-state index contributed by atoms with van der Waals surface area (Å²) in [6.45, 7) is 10.9. The van der Waals surface area contributed by atoms with E-state index in [0.29, 0.717) is 0 Å².